The van der Waals surface area contributed by atoms with E-state index in [0.29, 0.717) is 17.9 Å². The molecule has 0 saturated carbocycles. The molecule has 0 spiro atoms. The fourth-order valence-electron chi connectivity index (χ4n) is 1.65. The summed E-state index contributed by atoms with van der Waals surface area (Å²) < 4.78 is 0. The van der Waals surface area contributed by atoms with Crippen LogP contribution < -0.4 is 0 Å². The number of carbonyl (C=O) groups is 1. The first-order valence-electron chi connectivity index (χ1n) is 5.47. The molecule has 1 aliphatic rings. The van der Waals surface area contributed by atoms with Crippen LogP contribution in [0, 0.1) is 5.92 Å². The summed E-state index contributed by atoms with van der Waals surface area (Å²) in [5.74, 6) is 0.680. The first-order valence-corrected chi connectivity index (χ1v) is 5.47. The highest BCUT2D eigenvalue weighted by Gasteiger charge is 2.31. The lowest BCUT2D eigenvalue weighted by Gasteiger charge is -2.20. The average molecular weight is 185 g/mol. The second-order valence-corrected chi connectivity index (χ2v) is 3.52. The Morgan fingerprint density at radius 2 is 2.00 bits per heavy atom. The minimum Gasteiger partial charge on any atom is -0.340 e. The van der Waals surface area contributed by atoms with Gasteiger partial charge in [0, 0.05) is 18.5 Å². The van der Waals surface area contributed by atoms with E-state index in [1.807, 2.05) is 18.7 Å². The lowest BCUT2D eigenvalue weighted by Crippen LogP contribution is -2.33. The average Bonchev–Trinajstić information content (AvgIpc) is 2.50. The number of rotatable bonds is 2. The van der Waals surface area contributed by atoms with E-state index in [-0.39, 0.29) is 0 Å². The van der Waals surface area contributed by atoms with Crippen molar-refractivity contribution in [1.29, 1.82) is 0 Å². The van der Waals surface area contributed by atoms with Crippen LogP contribution in [0.25, 0.3) is 0 Å². The second kappa shape index (κ2) is 6.01. The highest BCUT2D eigenvalue weighted by atomic mass is 16.2. The summed E-state index contributed by atoms with van der Waals surface area (Å²) in [6.07, 6.45) is 2.07. The van der Waals surface area contributed by atoms with Gasteiger partial charge in [-0.1, -0.05) is 20.8 Å². The Hall–Kier alpha value is -0.530. The standard InChI is InChI=1S/C9H17NO.C2H6/c1-4-8-5-6-10(7(2)3)9(8)11;1-2/h7-8H,4-6H2,1-3H3;1-2H3. The molecule has 0 bridgehead atoms. The molecule has 0 aromatic rings. The molecular weight excluding hydrogens is 162 g/mol. The predicted octanol–water partition coefficient (Wildman–Crippen LogP) is 2.68. The second-order valence-electron chi connectivity index (χ2n) is 3.52. The van der Waals surface area contributed by atoms with Gasteiger partial charge in [-0.15, -0.1) is 0 Å². The normalized spacial score (nSPS) is 21.8. The van der Waals surface area contributed by atoms with Crippen LogP contribution in [0.3, 0.4) is 0 Å². The fraction of sp³-hybridized carbons (Fsp3) is 0.909. The predicted molar refractivity (Wildman–Crippen MR) is 56.6 cm³/mol. The van der Waals surface area contributed by atoms with Crippen LogP contribution in [0.2, 0.25) is 0 Å². The molecule has 1 unspecified atom stereocenters. The summed E-state index contributed by atoms with van der Waals surface area (Å²) in [6, 6.07) is 0.388. The molecule has 1 heterocycles. The van der Waals surface area contributed by atoms with E-state index < -0.39 is 0 Å². The van der Waals surface area contributed by atoms with E-state index in [1.54, 1.807) is 0 Å². The number of likely N-dealkylation sites (tertiary alicyclic amines) is 1. The molecule has 0 aromatic carbocycles. The van der Waals surface area contributed by atoms with Gasteiger partial charge in [0.2, 0.25) is 5.91 Å². The molecule has 1 atom stereocenters. The van der Waals surface area contributed by atoms with Crippen LogP contribution in [0.1, 0.15) is 47.5 Å². The third-order valence-corrected chi connectivity index (χ3v) is 2.47. The molecule has 0 aliphatic carbocycles. The molecule has 2 heteroatoms. The topological polar surface area (TPSA) is 20.3 Å². The molecule has 0 N–H and O–H groups in total. The summed E-state index contributed by atoms with van der Waals surface area (Å²) in [7, 11) is 0. The van der Waals surface area contributed by atoms with Crippen molar-refractivity contribution in [2.45, 2.75) is 53.5 Å². The molecule has 1 fully saturated rings. The van der Waals surface area contributed by atoms with Gasteiger partial charge in [0.25, 0.3) is 0 Å². The van der Waals surface area contributed by atoms with Crippen LogP contribution in [-0.2, 0) is 4.79 Å². The molecule has 0 aromatic heterocycles. The molecule has 1 rings (SSSR count). The van der Waals surface area contributed by atoms with Crippen molar-refractivity contribution in [3.05, 3.63) is 0 Å². The van der Waals surface area contributed by atoms with E-state index >= 15 is 0 Å². The van der Waals surface area contributed by atoms with Crippen LogP contribution in [0.4, 0.5) is 0 Å². The molecular formula is C11H23NO. The summed E-state index contributed by atoms with van der Waals surface area (Å²) >= 11 is 0. The first kappa shape index (κ1) is 12.5. The van der Waals surface area contributed by atoms with Crippen LogP contribution >= 0.6 is 0 Å². The van der Waals surface area contributed by atoms with E-state index in [2.05, 4.69) is 20.8 Å². The van der Waals surface area contributed by atoms with E-state index in [1.165, 1.54) is 0 Å². The van der Waals surface area contributed by atoms with Crippen LogP contribution in [0.15, 0.2) is 0 Å². The zero-order valence-electron chi connectivity index (χ0n) is 9.63. The molecule has 2 nitrogen and oxygen atoms in total. The molecule has 0 radical (unpaired) electrons. The lowest BCUT2D eigenvalue weighted by molar-refractivity contribution is -0.132. The van der Waals surface area contributed by atoms with Gasteiger partial charge in [-0.25, -0.2) is 0 Å². The maximum atomic E-state index is 11.5. The first-order chi connectivity index (χ1) is 6.16. The third-order valence-electron chi connectivity index (χ3n) is 2.47. The highest BCUT2D eigenvalue weighted by molar-refractivity contribution is 5.81. The van der Waals surface area contributed by atoms with Gasteiger partial charge < -0.3 is 4.90 Å². The van der Waals surface area contributed by atoms with E-state index in [0.717, 1.165) is 19.4 Å². The third kappa shape index (κ3) is 3.02. The largest absolute Gasteiger partial charge is 0.340 e. The summed E-state index contributed by atoms with van der Waals surface area (Å²) in [4.78, 5) is 13.5. The maximum absolute atomic E-state index is 11.5. The molecule has 1 amide bonds. The lowest BCUT2D eigenvalue weighted by atomic mass is 10.1. The number of amides is 1. The Balaban J connectivity index is 0.000000671. The summed E-state index contributed by atoms with van der Waals surface area (Å²) in [5, 5.41) is 0. The summed E-state index contributed by atoms with van der Waals surface area (Å²) in [6.45, 7) is 11.2. The Bertz CT molecular complexity index is 154. The quantitative estimate of drug-likeness (QED) is 0.647. The van der Waals surface area contributed by atoms with Crippen molar-refractivity contribution in [2.24, 2.45) is 5.92 Å². The molecule has 78 valence electrons. The van der Waals surface area contributed by atoms with Gasteiger partial charge in [0.15, 0.2) is 0 Å². The fourth-order valence-corrected chi connectivity index (χ4v) is 1.65. The Labute approximate surface area is 82.3 Å². The monoisotopic (exact) mass is 185 g/mol. The Morgan fingerprint density at radius 1 is 1.46 bits per heavy atom. The van der Waals surface area contributed by atoms with E-state index in [4.69, 9.17) is 0 Å². The maximum Gasteiger partial charge on any atom is 0.225 e. The number of hydrogen-bond donors (Lipinski definition) is 0. The Morgan fingerprint density at radius 3 is 2.23 bits per heavy atom. The SMILES string of the molecule is CC.CCC1CCN(C(C)C)C1=O. The van der Waals surface area contributed by atoms with Gasteiger partial charge in [-0.05, 0) is 26.7 Å². The van der Waals surface area contributed by atoms with Gasteiger partial charge in [-0.2, -0.15) is 0 Å². The van der Waals surface area contributed by atoms with Gasteiger partial charge in [0.1, 0.15) is 0 Å². The van der Waals surface area contributed by atoms with Crippen LogP contribution in [0.5, 0.6) is 0 Å². The van der Waals surface area contributed by atoms with Crippen molar-refractivity contribution in [1.82, 2.24) is 4.90 Å². The summed E-state index contributed by atoms with van der Waals surface area (Å²) in [5.41, 5.74) is 0. The minimum absolute atomic E-state index is 0.317. The van der Waals surface area contributed by atoms with Crippen molar-refractivity contribution in [3.63, 3.8) is 0 Å². The smallest absolute Gasteiger partial charge is 0.225 e. The van der Waals surface area contributed by atoms with Gasteiger partial charge >= 0.3 is 0 Å². The van der Waals surface area contributed by atoms with Crippen molar-refractivity contribution in [3.8, 4) is 0 Å². The molecule has 1 aliphatic heterocycles. The highest BCUT2D eigenvalue weighted by Crippen LogP contribution is 2.22. The number of carbonyl (C=O) groups excluding carboxylic acids is 1. The zero-order chi connectivity index (χ0) is 10.4. The molecule has 1 saturated heterocycles. The number of nitrogens with zero attached hydrogens (tertiary/aromatic N) is 1. The van der Waals surface area contributed by atoms with Crippen molar-refractivity contribution < 1.29 is 4.79 Å². The Kier molecular flexibility index (Phi) is 5.76. The van der Waals surface area contributed by atoms with Gasteiger partial charge in [-0.3, -0.25) is 4.79 Å². The molecule has 13 heavy (non-hydrogen) atoms. The number of hydrogen-bond acceptors (Lipinski definition) is 1. The van der Waals surface area contributed by atoms with Crippen molar-refractivity contribution in [2.75, 3.05) is 6.54 Å². The van der Waals surface area contributed by atoms with Crippen molar-refractivity contribution >= 4 is 5.91 Å². The van der Waals surface area contributed by atoms with Gasteiger partial charge in [0.05, 0.1) is 0 Å². The minimum atomic E-state index is 0.317. The van der Waals surface area contributed by atoms with E-state index in [9.17, 15) is 4.79 Å². The zero-order valence-corrected chi connectivity index (χ0v) is 9.63. The van der Waals surface area contributed by atoms with Crippen LogP contribution in [-0.4, -0.2) is 23.4 Å².